The third-order valence-electron chi connectivity index (χ3n) is 8.44. The van der Waals surface area contributed by atoms with Crippen molar-refractivity contribution in [2.45, 2.75) is 0 Å². The van der Waals surface area contributed by atoms with E-state index in [0.29, 0.717) is 0 Å². The van der Waals surface area contributed by atoms with Crippen molar-refractivity contribution in [2.75, 3.05) is 4.90 Å². The zero-order chi connectivity index (χ0) is 28.3. The number of para-hydroxylation sites is 2. The van der Waals surface area contributed by atoms with Gasteiger partial charge in [-0.25, -0.2) is 0 Å². The maximum Gasteiger partial charge on any atom is 0.160 e. The van der Waals surface area contributed by atoms with Crippen molar-refractivity contribution in [3.63, 3.8) is 0 Å². The molecule has 2 heterocycles. The Balaban J connectivity index is 1.34. The SMILES string of the molecule is c1ccc(-c2ccc(N(c3ccc4oc5ccccc5c4c3)c3cc4ccccc4c4c3oc3ccccc34)cc2)cc1. The van der Waals surface area contributed by atoms with Gasteiger partial charge in [0, 0.05) is 32.9 Å². The summed E-state index contributed by atoms with van der Waals surface area (Å²) in [4.78, 5) is 2.31. The van der Waals surface area contributed by atoms with Crippen molar-refractivity contribution in [3.05, 3.63) is 152 Å². The van der Waals surface area contributed by atoms with E-state index in [9.17, 15) is 0 Å². The van der Waals surface area contributed by atoms with E-state index in [4.69, 9.17) is 8.83 Å². The molecule has 0 radical (unpaired) electrons. The lowest BCUT2D eigenvalue weighted by molar-refractivity contribution is 0.669. The van der Waals surface area contributed by atoms with Gasteiger partial charge in [-0.3, -0.25) is 0 Å². The van der Waals surface area contributed by atoms with Gasteiger partial charge in [-0.2, -0.15) is 0 Å². The minimum absolute atomic E-state index is 0.865. The Morgan fingerprint density at radius 1 is 0.395 bits per heavy atom. The third kappa shape index (κ3) is 3.75. The quantitative estimate of drug-likeness (QED) is 0.218. The van der Waals surface area contributed by atoms with E-state index in [1.807, 2.05) is 24.3 Å². The summed E-state index contributed by atoms with van der Waals surface area (Å²) < 4.78 is 12.9. The zero-order valence-electron chi connectivity index (χ0n) is 23.2. The molecule has 0 spiro atoms. The summed E-state index contributed by atoms with van der Waals surface area (Å²) in [6, 6.07) is 53.1. The lowest BCUT2D eigenvalue weighted by Gasteiger charge is -2.26. The normalized spacial score (nSPS) is 11.7. The average Bonchev–Trinajstić information content (AvgIpc) is 3.65. The minimum Gasteiger partial charge on any atom is -0.456 e. The molecule has 9 aromatic rings. The van der Waals surface area contributed by atoms with Gasteiger partial charge in [0.2, 0.25) is 0 Å². The van der Waals surface area contributed by atoms with Crippen LogP contribution in [0.5, 0.6) is 0 Å². The van der Waals surface area contributed by atoms with Gasteiger partial charge >= 0.3 is 0 Å². The number of hydrogen-bond donors (Lipinski definition) is 0. The second-order valence-electron chi connectivity index (χ2n) is 10.9. The van der Waals surface area contributed by atoms with Crippen molar-refractivity contribution >= 4 is 71.7 Å². The first-order valence-corrected chi connectivity index (χ1v) is 14.5. The van der Waals surface area contributed by atoms with Crippen LogP contribution in [0.25, 0.3) is 65.8 Å². The van der Waals surface area contributed by atoms with Gasteiger partial charge in [0.15, 0.2) is 5.58 Å². The highest BCUT2D eigenvalue weighted by Gasteiger charge is 2.22. The Morgan fingerprint density at radius 3 is 1.81 bits per heavy atom. The molecule has 0 saturated carbocycles. The number of nitrogens with zero attached hydrogens (tertiary/aromatic N) is 1. The number of hydrogen-bond acceptors (Lipinski definition) is 3. The van der Waals surface area contributed by atoms with E-state index in [1.54, 1.807) is 0 Å². The highest BCUT2D eigenvalue weighted by atomic mass is 16.3. The number of fused-ring (bicyclic) bond motifs is 8. The summed E-state index contributed by atoms with van der Waals surface area (Å²) >= 11 is 0. The molecule has 0 aliphatic carbocycles. The summed E-state index contributed by atoms with van der Waals surface area (Å²) in [6.07, 6.45) is 0. The summed E-state index contributed by atoms with van der Waals surface area (Å²) in [6.45, 7) is 0. The molecule has 0 fully saturated rings. The molecule has 0 saturated heterocycles. The summed E-state index contributed by atoms with van der Waals surface area (Å²) in [5, 5.41) is 6.78. The Morgan fingerprint density at radius 2 is 1.00 bits per heavy atom. The predicted molar refractivity (Wildman–Crippen MR) is 179 cm³/mol. The van der Waals surface area contributed by atoms with Crippen molar-refractivity contribution in [2.24, 2.45) is 0 Å². The topological polar surface area (TPSA) is 29.5 Å². The summed E-state index contributed by atoms with van der Waals surface area (Å²) in [5.41, 5.74) is 8.94. The van der Waals surface area contributed by atoms with E-state index in [2.05, 4.69) is 132 Å². The summed E-state index contributed by atoms with van der Waals surface area (Å²) in [5.74, 6) is 0. The molecule has 0 aliphatic rings. The molecule has 3 heteroatoms. The summed E-state index contributed by atoms with van der Waals surface area (Å²) in [7, 11) is 0. The number of rotatable bonds is 4. The van der Waals surface area contributed by atoms with Gasteiger partial charge in [0.1, 0.15) is 16.7 Å². The van der Waals surface area contributed by atoms with Crippen molar-refractivity contribution in [1.29, 1.82) is 0 Å². The molecule has 0 aliphatic heterocycles. The largest absolute Gasteiger partial charge is 0.456 e. The molecule has 7 aromatic carbocycles. The van der Waals surface area contributed by atoms with Crippen molar-refractivity contribution < 1.29 is 8.83 Å². The lowest BCUT2D eigenvalue weighted by atomic mass is 10.0. The van der Waals surface area contributed by atoms with Crippen LogP contribution in [0.1, 0.15) is 0 Å². The van der Waals surface area contributed by atoms with Gasteiger partial charge in [0.25, 0.3) is 0 Å². The van der Waals surface area contributed by atoms with Crippen LogP contribution in [0, 0.1) is 0 Å². The monoisotopic (exact) mass is 551 g/mol. The highest BCUT2D eigenvalue weighted by Crippen LogP contribution is 2.46. The van der Waals surface area contributed by atoms with Crippen LogP contribution in [0.3, 0.4) is 0 Å². The fraction of sp³-hybridized carbons (Fsp3) is 0. The fourth-order valence-electron chi connectivity index (χ4n) is 6.44. The van der Waals surface area contributed by atoms with Crippen LogP contribution in [0.2, 0.25) is 0 Å². The number of furan rings is 2. The van der Waals surface area contributed by atoms with Crippen LogP contribution in [0.15, 0.2) is 160 Å². The Kier molecular flexibility index (Phi) is 5.20. The molecule has 3 nitrogen and oxygen atoms in total. The molecule has 0 N–H and O–H groups in total. The molecular weight excluding hydrogens is 526 g/mol. The van der Waals surface area contributed by atoms with E-state index < -0.39 is 0 Å². The Bertz CT molecular complexity index is 2450. The number of anilines is 3. The fourth-order valence-corrected chi connectivity index (χ4v) is 6.44. The highest BCUT2D eigenvalue weighted by molar-refractivity contribution is 6.23. The minimum atomic E-state index is 0.865. The second-order valence-corrected chi connectivity index (χ2v) is 10.9. The van der Waals surface area contributed by atoms with Crippen LogP contribution in [-0.4, -0.2) is 0 Å². The zero-order valence-corrected chi connectivity index (χ0v) is 23.2. The van der Waals surface area contributed by atoms with Gasteiger partial charge in [-0.1, -0.05) is 103 Å². The van der Waals surface area contributed by atoms with Gasteiger partial charge < -0.3 is 13.7 Å². The van der Waals surface area contributed by atoms with E-state index in [1.165, 1.54) is 16.5 Å². The van der Waals surface area contributed by atoms with Crippen LogP contribution >= 0.6 is 0 Å². The molecule has 202 valence electrons. The molecule has 0 atom stereocenters. The molecule has 0 unspecified atom stereocenters. The van der Waals surface area contributed by atoms with Crippen molar-refractivity contribution in [3.8, 4) is 11.1 Å². The van der Waals surface area contributed by atoms with E-state index in [0.717, 1.165) is 66.3 Å². The molecular formula is C40H25NO2. The lowest BCUT2D eigenvalue weighted by Crippen LogP contribution is -2.10. The number of benzene rings is 7. The predicted octanol–water partition coefficient (Wildman–Crippen LogP) is 11.8. The molecule has 0 amide bonds. The molecule has 43 heavy (non-hydrogen) atoms. The molecule has 9 rings (SSSR count). The van der Waals surface area contributed by atoms with Crippen LogP contribution < -0.4 is 4.90 Å². The molecule has 2 aromatic heterocycles. The van der Waals surface area contributed by atoms with E-state index >= 15 is 0 Å². The third-order valence-corrected chi connectivity index (χ3v) is 8.44. The van der Waals surface area contributed by atoms with Gasteiger partial charge in [-0.05, 0) is 70.4 Å². The van der Waals surface area contributed by atoms with Crippen molar-refractivity contribution in [1.82, 2.24) is 0 Å². The molecule has 0 bridgehead atoms. The first-order chi connectivity index (χ1) is 21.3. The first-order valence-electron chi connectivity index (χ1n) is 14.5. The maximum atomic E-state index is 6.69. The smallest absolute Gasteiger partial charge is 0.160 e. The Labute approximate surface area is 247 Å². The average molecular weight is 552 g/mol. The van der Waals surface area contributed by atoms with Gasteiger partial charge in [-0.15, -0.1) is 0 Å². The van der Waals surface area contributed by atoms with Crippen LogP contribution in [0.4, 0.5) is 17.1 Å². The second kappa shape index (κ2) is 9.37. The first kappa shape index (κ1) is 23.9. The maximum absolute atomic E-state index is 6.69. The van der Waals surface area contributed by atoms with Crippen LogP contribution in [-0.2, 0) is 0 Å². The standard InChI is InChI=1S/C40H25NO2/c1-2-10-26(11-3-1)27-18-20-29(21-19-27)41(30-22-23-38-34(25-30)32-14-6-8-16-36(32)42-38)35-24-28-12-4-5-13-31(28)39-33-15-7-9-17-37(33)43-40(35)39/h1-25H. The van der Waals surface area contributed by atoms with E-state index in [-0.39, 0.29) is 0 Å². The van der Waals surface area contributed by atoms with Gasteiger partial charge in [0.05, 0.1) is 5.69 Å². The Hall–Kier alpha value is -5.80.